The van der Waals surface area contributed by atoms with Gasteiger partial charge >= 0.3 is 0 Å². The minimum atomic E-state index is -0.810. The van der Waals surface area contributed by atoms with Crippen molar-refractivity contribution in [2.45, 2.75) is 13.0 Å². The molecule has 120 valence electrons. The number of aromatic hydroxyl groups is 1. The molecule has 0 aliphatic carbocycles. The van der Waals surface area contributed by atoms with E-state index in [0.29, 0.717) is 21.4 Å². The number of ether oxygens (including phenoxy) is 1. The molecule has 7 heteroatoms. The Morgan fingerprint density at radius 2 is 2.04 bits per heavy atom. The smallest absolute Gasteiger partial charge is 0.280 e. The minimum absolute atomic E-state index is 0.0720. The summed E-state index contributed by atoms with van der Waals surface area (Å²) >= 11 is 11.8. The fourth-order valence-electron chi connectivity index (χ4n) is 1.67. The summed E-state index contributed by atoms with van der Waals surface area (Å²) in [6.45, 7) is 1.57. The predicted molar refractivity (Wildman–Crippen MR) is 90.4 cm³/mol. The van der Waals surface area contributed by atoms with Crippen molar-refractivity contribution in [3.8, 4) is 11.5 Å². The van der Waals surface area contributed by atoms with E-state index >= 15 is 0 Å². The molecule has 0 saturated heterocycles. The first kappa shape index (κ1) is 17.1. The van der Waals surface area contributed by atoms with Crippen molar-refractivity contribution in [1.82, 2.24) is 5.43 Å². The van der Waals surface area contributed by atoms with E-state index in [0.717, 1.165) is 0 Å². The molecular weight excluding hydrogens is 339 g/mol. The van der Waals surface area contributed by atoms with Crippen molar-refractivity contribution in [3.05, 3.63) is 58.1 Å². The van der Waals surface area contributed by atoms with Gasteiger partial charge in [0, 0.05) is 10.6 Å². The first-order valence-electron chi connectivity index (χ1n) is 6.70. The molecule has 5 nitrogen and oxygen atoms in total. The van der Waals surface area contributed by atoms with Gasteiger partial charge in [0.25, 0.3) is 5.91 Å². The molecule has 0 spiro atoms. The van der Waals surface area contributed by atoms with Crippen LogP contribution < -0.4 is 10.2 Å². The number of hydrogen-bond donors (Lipinski definition) is 2. The normalized spacial score (nSPS) is 12.1. The Morgan fingerprint density at radius 3 is 2.74 bits per heavy atom. The second-order valence-electron chi connectivity index (χ2n) is 4.63. The first-order chi connectivity index (χ1) is 11.0. The Morgan fingerprint density at radius 1 is 1.30 bits per heavy atom. The van der Waals surface area contributed by atoms with E-state index in [1.807, 2.05) is 0 Å². The standard InChI is InChI=1S/C16H14Cl2N2O3/c1-10(23-15-7-6-12(17)8-13(15)18)16(22)20-19-9-11-4-2-3-5-14(11)21/h2-10,21H,1H3,(H,20,22)/b19-9+/t10-/m1/s1. The third kappa shape index (κ3) is 4.87. The van der Waals surface area contributed by atoms with E-state index in [2.05, 4.69) is 10.5 Å². The maximum Gasteiger partial charge on any atom is 0.280 e. The number of benzene rings is 2. The van der Waals surface area contributed by atoms with Crippen molar-refractivity contribution in [3.63, 3.8) is 0 Å². The Bertz CT molecular complexity index is 735. The van der Waals surface area contributed by atoms with Gasteiger partial charge in [-0.15, -0.1) is 0 Å². The van der Waals surface area contributed by atoms with Gasteiger partial charge in [0.2, 0.25) is 0 Å². The van der Waals surface area contributed by atoms with Crippen LogP contribution in [0.15, 0.2) is 47.6 Å². The summed E-state index contributed by atoms with van der Waals surface area (Å²) in [4.78, 5) is 11.9. The van der Waals surface area contributed by atoms with Crippen LogP contribution in [0.3, 0.4) is 0 Å². The number of para-hydroxylation sites is 1. The number of nitrogens with zero attached hydrogens (tertiary/aromatic N) is 1. The number of phenolic OH excluding ortho intramolecular Hbond substituents is 1. The van der Waals surface area contributed by atoms with Crippen molar-refractivity contribution < 1.29 is 14.6 Å². The van der Waals surface area contributed by atoms with Gasteiger partial charge in [-0.2, -0.15) is 5.10 Å². The number of nitrogens with one attached hydrogen (secondary N) is 1. The van der Waals surface area contributed by atoms with Crippen LogP contribution >= 0.6 is 23.2 Å². The van der Waals surface area contributed by atoms with Crippen LogP contribution in [0.1, 0.15) is 12.5 Å². The topological polar surface area (TPSA) is 70.9 Å². The van der Waals surface area contributed by atoms with Crippen LogP contribution in [0.25, 0.3) is 0 Å². The number of hydrazone groups is 1. The van der Waals surface area contributed by atoms with Crippen LogP contribution in [0.4, 0.5) is 0 Å². The molecule has 2 rings (SSSR count). The van der Waals surface area contributed by atoms with Crippen molar-refractivity contribution in [2.24, 2.45) is 5.10 Å². The molecule has 0 aliphatic rings. The number of carbonyl (C=O) groups is 1. The summed E-state index contributed by atoms with van der Waals surface area (Å²) in [6, 6.07) is 11.4. The van der Waals surface area contributed by atoms with Crippen molar-refractivity contribution in [2.75, 3.05) is 0 Å². The first-order valence-corrected chi connectivity index (χ1v) is 7.45. The average Bonchev–Trinajstić information content (AvgIpc) is 2.51. The Balaban J connectivity index is 1.94. The van der Waals surface area contributed by atoms with Gasteiger partial charge in [-0.3, -0.25) is 4.79 Å². The molecule has 0 unspecified atom stereocenters. The van der Waals surface area contributed by atoms with Gasteiger partial charge in [0.15, 0.2) is 6.10 Å². The van der Waals surface area contributed by atoms with Crippen LogP contribution in [0.2, 0.25) is 10.0 Å². The molecule has 2 N–H and O–H groups in total. The summed E-state index contributed by atoms with van der Waals surface area (Å²) in [5, 5.41) is 14.2. The maximum atomic E-state index is 11.9. The fourth-order valence-corrected chi connectivity index (χ4v) is 2.12. The lowest BCUT2D eigenvalue weighted by molar-refractivity contribution is -0.127. The molecular formula is C16H14Cl2N2O3. The fraction of sp³-hybridized carbons (Fsp3) is 0.125. The summed E-state index contributed by atoms with van der Waals surface area (Å²) in [6.07, 6.45) is 0.532. The van der Waals surface area contributed by atoms with Gasteiger partial charge in [-0.05, 0) is 37.3 Å². The van der Waals surface area contributed by atoms with Gasteiger partial charge in [-0.25, -0.2) is 5.43 Å². The van der Waals surface area contributed by atoms with Gasteiger partial charge < -0.3 is 9.84 Å². The lowest BCUT2D eigenvalue weighted by atomic mass is 10.2. The second kappa shape index (κ2) is 7.85. The maximum absolute atomic E-state index is 11.9. The number of carbonyl (C=O) groups excluding carboxylic acids is 1. The summed E-state index contributed by atoms with van der Waals surface area (Å²) in [7, 11) is 0. The van der Waals surface area contributed by atoms with E-state index < -0.39 is 12.0 Å². The zero-order chi connectivity index (χ0) is 16.8. The molecule has 0 fully saturated rings. The Hall–Kier alpha value is -2.24. The van der Waals surface area contributed by atoms with Crippen LogP contribution in [0, 0.1) is 0 Å². The van der Waals surface area contributed by atoms with Gasteiger partial charge in [0.1, 0.15) is 11.5 Å². The summed E-state index contributed by atoms with van der Waals surface area (Å²) in [5.41, 5.74) is 2.82. The van der Waals surface area contributed by atoms with E-state index in [-0.39, 0.29) is 5.75 Å². The molecule has 0 aliphatic heterocycles. The van der Waals surface area contributed by atoms with Gasteiger partial charge in [-0.1, -0.05) is 35.3 Å². The average molecular weight is 353 g/mol. The highest BCUT2D eigenvalue weighted by Crippen LogP contribution is 2.28. The quantitative estimate of drug-likeness (QED) is 0.637. The number of phenols is 1. The second-order valence-corrected chi connectivity index (χ2v) is 5.47. The van der Waals surface area contributed by atoms with Crippen LogP contribution in [-0.4, -0.2) is 23.3 Å². The molecule has 0 radical (unpaired) electrons. The van der Waals surface area contributed by atoms with Crippen LogP contribution in [0.5, 0.6) is 11.5 Å². The van der Waals surface area contributed by atoms with Crippen LogP contribution in [-0.2, 0) is 4.79 Å². The lowest BCUT2D eigenvalue weighted by Crippen LogP contribution is -2.33. The molecule has 2 aromatic rings. The van der Waals surface area contributed by atoms with E-state index in [9.17, 15) is 9.90 Å². The minimum Gasteiger partial charge on any atom is -0.507 e. The highest BCUT2D eigenvalue weighted by atomic mass is 35.5. The molecule has 0 aromatic heterocycles. The Labute approximate surface area is 143 Å². The molecule has 0 heterocycles. The third-order valence-corrected chi connectivity index (χ3v) is 3.41. The van der Waals surface area contributed by atoms with E-state index in [1.165, 1.54) is 18.3 Å². The zero-order valence-electron chi connectivity index (χ0n) is 12.2. The van der Waals surface area contributed by atoms with Crippen molar-refractivity contribution in [1.29, 1.82) is 0 Å². The molecule has 0 saturated carbocycles. The van der Waals surface area contributed by atoms with E-state index in [4.69, 9.17) is 27.9 Å². The number of halogens is 2. The highest BCUT2D eigenvalue weighted by Gasteiger charge is 2.15. The monoisotopic (exact) mass is 352 g/mol. The predicted octanol–water partition coefficient (Wildman–Crippen LogP) is 3.62. The highest BCUT2D eigenvalue weighted by molar-refractivity contribution is 6.35. The number of rotatable bonds is 5. The molecule has 23 heavy (non-hydrogen) atoms. The molecule has 1 atom stereocenters. The summed E-state index contributed by atoms with van der Waals surface area (Å²) < 4.78 is 5.46. The van der Waals surface area contributed by atoms with Gasteiger partial charge in [0.05, 0.1) is 11.2 Å². The molecule has 2 aromatic carbocycles. The zero-order valence-corrected chi connectivity index (χ0v) is 13.7. The SMILES string of the molecule is C[C@@H](Oc1ccc(Cl)cc1Cl)C(=O)N/N=C/c1ccccc1O. The lowest BCUT2D eigenvalue weighted by Gasteiger charge is -2.14. The Kier molecular flexibility index (Phi) is 5.84. The van der Waals surface area contributed by atoms with Crippen molar-refractivity contribution >= 4 is 35.3 Å². The third-order valence-electron chi connectivity index (χ3n) is 2.88. The summed E-state index contributed by atoms with van der Waals surface area (Å²) in [5.74, 6) is -0.0335. The van der Waals surface area contributed by atoms with E-state index in [1.54, 1.807) is 37.3 Å². The number of amides is 1. The molecule has 0 bridgehead atoms. The molecule has 1 amide bonds. The number of hydrogen-bond acceptors (Lipinski definition) is 4. The largest absolute Gasteiger partial charge is 0.507 e.